The molecule has 33 heavy (non-hydrogen) atoms. The lowest BCUT2D eigenvalue weighted by Gasteiger charge is -2.22. The highest BCUT2D eigenvalue weighted by molar-refractivity contribution is 5.77. The second kappa shape index (κ2) is 8.43. The monoisotopic (exact) mass is 445 g/mol. The molecule has 3 aromatic rings. The van der Waals surface area contributed by atoms with Crippen molar-refractivity contribution in [2.75, 3.05) is 13.9 Å². The zero-order valence-electron chi connectivity index (χ0n) is 18.9. The molecule has 3 atom stereocenters. The number of aliphatic carboxylic acids is 1. The maximum absolute atomic E-state index is 12.7. The van der Waals surface area contributed by atoms with E-state index >= 15 is 0 Å². The Balaban J connectivity index is 1.67. The van der Waals surface area contributed by atoms with Crippen LogP contribution in [0.3, 0.4) is 0 Å². The van der Waals surface area contributed by atoms with Gasteiger partial charge in [-0.3, -0.25) is 9.78 Å². The number of fused-ring (bicyclic) bond motifs is 2. The molecule has 0 spiro atoms. The van der Waals surface area contributed by atoms with Crippen LogP contribution in [0.15, 0.2) is 54.6 Å². The topological polar surface area (TPSA) is 77.9 Å². The van der Waals surface area contributed by atoms with Crippen molar-refractivity contribution in [2.24, 2.45) is 11.8 Å². The Bertz CT molecular complexity index is 1190. The SMILES string of the molecule is COc1ccc([C@@H]2c3nc(CC(C)C)ccc3[C@H](c3ccc4c(c3)OCO4)[C@H]2C(=O)O)cc1. The molecule has 5 rings (SSSR count). The maximum Gasteiger partial charge on any atom is 0.308 e. The van der Waals surface area contributed by atoms with Crippen LogP contribution in [0.5, 0.6) is 17.2 Å². The van der Waals surface area contributed by atoms with Crippen molar-refractivity contribution >= 4 is 5.97 Å². The van der Waals surface area contributed by atoms with Gasteiger partial charge in [-0.1, -0.05) is 38.1 Å². The molecular weight excluding hydrogens is 418 g/mol. The van der Waals surface area contributed by atoms with E-state index in [1.807, 2.05) is 48.5 Å². The summed E-state index contributed by atoms with van der Waals surface area (Å²) in [6, 6.07) is 17.4. The molecule has 2 aromatic carbocycles. The first-order valence-electron chi connectivity index (χ1n) is 11.2. The fourth-order valence-electron chi connectivity index (χ4n) is 5.08. The van der Waals surface area contributed by atoms with Crippen molar-refractivity contribution < 1.29 is 24.1 Å². The summed E-state index contributed by atoms with van der Waals surface area (Å²) in [6.07, 6.45) is 0.842. The van der Waals surface area contributed by atoms with Crippen LogP contribution in [0.2, 0.25) is 0 Å². The summed E-state index contributed by atoms with van der Waals surface area (Å²) in [5, 5.41) is 10.4. The minimum Gasteiger partial charge on any atom is -0.497 e. The van der Waals surface area contributed by atoms with Crippen molar-refractivity contribution in [1.29, 1.82) is 0 Å². The zero-order chi connectivity index (χ0) is 23.1. The lowest BCUT2D eigenvalue weighted by atomic mass is 9.80. The average molecular weight is 446 g/mol. The Morgan fingerprint density at radius 1 is 1.03 bits per heavy atom. The minimum atomic E-state index is -0.845. The number of carbonyl (C=O) groups is 1. The van der Waals surface area contributed by atoms with Gasteiger partial charge in [-0.05, 0) is 59.4 Å². The lowest BCUT2D eigenvalue weighted by Crippen LogP contribution is -2.24. The molecule has 6 heteroatoms. The normalized spacial score (nSPS) is 20.7. The predicted octanol–water partition coefficient (Wildman–Crippen LogP) is 5.00. The third-order valence-corrected chi connectivity index (χ3v) is 6.50. The Hall–Kier alpha value is -3.54. The van der Waals surface area contributed by atoms with Gasteiger partial charge in [0.2, 0.25) is 6.79 Å². The van der Waals surface area contributed by atoms with Crippen molar-refractivity contribution in [3.8, 4) is 17.2 Å². The number of ether oxygens (including phenoxy) is 3. The molecule has 2 aliphatic rings. The van der Waals surface area contributed by atoms with Crippen LogP contribution in [0.25, 0.3) is 0 Å². The van der Waals surface area contributed by atoms with E-state index in [2.05, 4.69) is 19.9 Å². The van der Waals surface area contributed by atoms with Gasteiger partial charge < -0.3 is 19.3 Å². The number of hydrogen-bond acceptors (Lipinski definition) is 5. The molecule has 1 aliphatic heterocycles. The Kier molecular flexibility index (Phi) is 5.44. The average Bonchev–Trinajstić information content (AvgIpc) is 3.40. The van der Waals surface area contributed by atoms with E-state index < -0.39 is 11.9 Å². The van der Waals surface area contributed by atoms with E-state index in [0.717, 1.165) is 40.2 Å². The van der Waals surface area contributed by atoms with E-state index in [1.165, 1.54) is 0 Å². The molecule has 170 valence electrons. The summed E-state index contributed by atoms with van der Waals surface area (Å²) in [5.74, 6) is 0.258. The fraction of sp³-hybridized carbons (Fsp3) is 0.333. The largest absolute Gasteiger partial charge is 0.497 e. The summed E-state index contributed by atoms with van der Waals surface area (Å²) in [4.78, 5) is 17.8. The van der Waals surface area contributed by atoms with Gasteiger partial charge in [0.15, 0.2) is 11.5 Å². The predicted molar refractivity (Wildman–Crippen MR) is 123 cm³/mol. The Morgan fingerprint density at radius 2 is 1.76 bits per heavy atom. The van der Waals surface area contributed by atoms with E-state index in [0.29, 0.717) is 17.4 Å². The van der Waals surface area contributed by atoms with Gasteiger partial charge in [-0.15, -0.1) is 0 Å². The van der Waals surface area contributed by atoms with Crippen molar-refractivity contribution in [2.45, 2.75) is 32.1 Å². The first-order chi connectivity index (χ1) is 16.0. The van der Waals surface area contributed by atoms with Crippen molar-refractivity contribution in [3.05, 3.63) is 82.7 Å². The van der Waals surface area contributed by atoms with Gasteiger partial charge in [0.05, 0.1) is 18.7 Å². The van der Waals surface area contributed by atoms with Crippen molar-refractivity contribution in [1.82, 2.24) is 4.98 Å². The lowest BCUT2D eigenvalue weighted by molar-refractivity contribution is -0.142. The number of pyridine rings is 1. The van der Waals surface area contributed by atoms with Gasteiger partial charge in [0.25, 0.3) is 0 Å². The van der Waals surface area contributed by atoms with E-state index in [9.17, 15) is 9.90 Å². The van der Waals surface area contributed by atoms with Crippen LogP contribution in [0.1, 0.15) is 53.8 Å². The van der Waals surface area contributed by atoms with Crippen LogP contribution in [-0.2, 0) is 11.2 Å². The van der Waals surface area contributed by atoms with E-state index in [1.54, 1.807) is 7.11 Å². The number of rotatable bonds is 6. The molecule has 0 saturated heterocycles. The van der Waals surface area contributed by atoms with Crippen LogP contribution in [-0.4, -0.2) is 30.0 Å². The third-order valence-electron chi connectivity index (χ3n) is 6.50. The number of nitrogens with zero attached hydrogens (tertiary/aromatic N) is 1. The summed E-state index contributed by atoms with van der Waals surface area (Å²) in [6.45, 7) is 4.49. The van der Waals surface area contributed by atoms with Crippen molar-refractivity contribution in [3.63, 3.8) is 0 Å². The summed E-state index contributed by atoms with van der Waals surface area (Å²) < 4.78 is 16.4. The minimum absolute atomic E-state index is 0.178. The zero-order valence-corrected chi connectivity index (χ0v) is 18.9. The molecule has 0 amide bonds. The van der Waals surface area contributed by atoms with Gasteiger partial charge in [0, 0.05) is 17.5 Å². The highest BCUT2D eigenvalue weighted by atomic mass is 16.7. The van der Waals surface area contributed by atoms with E-state index in [-0.39, 0.29) is 18.6 Å². The Labute approximate surface area is 193 Å². The fourth-order valence-corrected chi connectivity index (χ4v) is 5.08. The second-order valence-electron chi connectivity index (χ2n) is 9.08. The van der Waals surface area contributed by atoms with Gasteiger partial charge >= 0.3 is 5.97 Å². The molecule has 0 bridgehead atoms. The molecule has 0 radical (unpaired) electrons. The molecule has 6 nitrogen and oxygen atoms in total. The van der Waals surface area contributed by atoms with Crippen LogP contribution in [0.4, 0.5) is 0 Å². The van der Waals surface area contributed by atoms with Crippen LogP contribution >= 0.6 is 0 Å². The Morgan fingerprint density at radius 3 is 2.45 bits per heavy atom. The molecule has 1 aliphatic carbocycles. The van der Waals surface area contributed by atoms with Gasteiger partial charge in [-0.25, -0.2) is 0 Å². The summed E-state index contributed by atoms with van der Waals surface area (Å²) >= 11 is 0. The molecular formula is C27H27NO5. The second-order valence-corrected chi connectivity index (χ2v) is 9.08. The number of benzene rings is 2. The first-order valence-corrected chi connectivity index (χ1v) is 11.2. The highest BCUT2D eigenvalue weighted by Gasteiger charge is 2.48. The first kappa shape index (κ1) is 21.3. The number of carboxylic acids is 1. The maximum atomic E-state index is 12.7. The molecule has 0 fully saturated rings. The number of hydrogen-bond donors (Lipinski definition) is 1. The van der Waals surface area contributed by atoms with Gasteiger partial charge in [-0.2, -0.15) is 0 Å². The van der Waals surface area contributed by atoms with Gasteiger partial charge in [0.1, 0.15) is 5.75 Å². The number of aromatic nitrogens is 1. The third kappa shape index (κ3) is 3.80. The highest BCUT2D eigenvalue weighted by Crippen LogP contribution is 2.53. The summed E-state index contributed by atoms with van der Waals surface area (Å²) in [7, 11) is 1.62. The number of methoxy groups -OCH3 is 1. The molecule has 1 N–H and O–H groups in total. The van der Waals surface area contributed by atoms with Crippen LogP contribution in [0, 0.1) is 11.8 Å². The number of carboxylic acid groups (broad SMARTS) is 1. The quantitative estimate of drug-likeness (QED) is 0.576. The van der Waals surface area contributed by atoms with Crippen LogP contribution < -0.4 is 14.2 Å². The smallest absolute Gasteiger partial charge is 0.308 e. The standard InChI is InChI=1S/C27H27NO5/c1-15(2)12-18-7-10-20-23(17-6-11-21-22(13-17)33-14-32-21)25(27(29)30)24(26(20)28-18)16-4-8-19(31-3)9-5-16/h4-11,13,15,23-25H,12,14H2,1-3H3,(H,29,30)/t23-,24-,25+/m0/s1. The molecule has 0 saturated carbocycles. The summed E-state index contributed by atoms with van der Waals surface area (Å²) in [5.41, 5.74) is 4.59. The molecule has 2 heterocycles. The molecule has 1 aromatic heterocycles. The molecule has 0 unspecified atom stereocenters. The van der Waals surface area contributed by atoms with E-state index in [4.69, 9.17) is 19.2 Å².